The summed E-state index contributed by atoms with van der Waals surface area (Å²) in [6, 6.07) is 10.8. The number of hydrogen-bond donors (Lipinski definition) is 1. The lowest BCUT2D eigenvalue weighted by molar-refractivity contribution is -0.118. The second kappa shape index (κ2) is 7.34. The topological polar surface area (TPSA) is 71.5 Å². The molecule has 2 heterocycles. The summed E-state index contributed by atoms with van der Waals surface area (Å²) in [5, 5.41) is 3.09. The Morgan fingerprint density at radius 3 is 2.80 bits per heavy atom. The number of esters is 1. The fourth-order valence-corrected chi connectivity index (χ4v) is 2.90. The third-order valence-corrected chi connectivity index (χ3v) is 4.16. The number of anilines is 2. The van der Waals surface area contributed by atoms with Gasteiger partial charge in [-0.15, -0.1) is 0 Å². The van der Waals surface area contributed by atoms with Gasteiger partial charge in [0.25, 0.3) is 0 Å². The van der Waals surface area contributed by atoms with Crippen molar-refractivity contribution in [1.29, 1.82) is 0 Å². The highest BCUT2D eigenvalue weighted by Gasteiger charge is 2.27. The first-order chi connectivity index (χ1) is 12.1. The van der Waals surface area contributed by atoms with E-state index in [0.29, 0.717) is 24.5 Å². The number of rotatable bonds is 5. The summed E-state index contributed by atoms with van der Waals surface area (Å²) in [5.74, 6) is 0.141. The molecule has 0 saturated carbocycles. The smallest absolute Gasteiger partial charge is 0.339 e. The van der Waals surface area contributed by atoms with E-state index in [1.54, 1.807) is 24.0 Å². The lowest BCUT2D eigenvalue weighted by Gasteiger charge is -2.22. The minimum Gasteiger partial charge on any atom is -0.462 e. The first-order valence-corrected chi connectivity index (χ1v) is 8.39. The van der Waals surface area contributed by atoms with Gasteiger partial charge in [0.2, 0.25) is 5.91 Å². The Morgan fingerprint density at radius 2 is 2.08 bits per heavy atom. The number of aromatic nitrogens is 1. The Bertz CT molecular complexity index is 774. The fourth-order valence-electron chi connectivity index (χ4n) is 2.90. The van der Waals surface area contributed by atoms with Gasteiger partial charge in [0.15, 0.2) is 0 Å². The van der Waals surface area contributed by atoms with Crippen molar-refractivity contribution < 1.29 is 14.3 Å². The van der Waals surface area contributed by atoms with Crippen molar-refractivity contribution in [3.05, 3.63) is 53.7 Å². The van der Waals surface area contributed by atoms with E-state index in [1.807, 2.05) is 25.1 Å². The molecule has 1 N–H and O–H groups in total. The number of para-hydroxylation sites is 1. The number of carbonyl (C=O) groups is 2. The van der Waals surface area contributed by atoms with E-state index in [1.165, 1.54) is 11.8 Å². The lowest BCUT2D eigenvalue weighted by atomic mass is 10.2. The molecule has 1 aliphatic rings. The number of ether oxygens (including phenoxy) is 1. The number of nitrogens with one attached hydrogen (secondary N) is 1. The van der Waals surface area contributed by atoms with Gasteiger partial charge in [-0.1, -0.05) is 18.2 Å². The maximum atomic E-state index is 12.7. The number of pyridine rings is 1. The SMILES string of the molecule is CCOC(=O)c1ccc(NC(C)C(=O)N2CCc3ccccc32)nc1. The van der Waals surface area contributed by atoms with Gasteiger partial charge in [-0.2, -0.15) is 0 Å². The molecule has 0 bridgehead atoms. The maximum Gasteiger partial charge on any atom is 0.339 e. The number of fused-ring (bicyclic) bond motifs is 1. The molecule has 0 saturated heterocycles. The normalized spacial score (nSPS) is 13.9. The maximum absolute atomic E-state index is 12.7. The van der Waals surface area contributed by atoms with Gasteiger partial charge in [-0.05, 0) is 44.0 Å². The summed E-state index contributed by atoms with van der Waals surface area (Å²) in [4.78, 5) is 30.4. The molecule has 1 unspecified atom stereocenters. The summed E-state index contributed by atoms with van der Waals surface area (Å²) in [6.07, 6.45) is 2.32. The van der Waals surface area contributed by atoms with Crippen LogP contribution in [0.15, 0.2) is 42.6 Å². The highest BCUT2D eigenvalue weighted by Crippen LogP contribution is 2.28. The molecular weight excluding hydrogens is 318 g/mol. The lowest BCUT2D eigenvalue weighted by Crippen LogP contribution is -2.40. The first kappa shape index (κ1) is 17.0. The molecule has 1 atom stereocenters. The molecule has 6 nitrogen and oxygen atoms in total. The van der Waals surface area contributed by atoms with E-state index in [4.69, 9.17) is 4.74 Å². The Balaban J connectivity index is 1.65. The quantitative estimate of drug-likeness (QED) is 0.848. The minimum absolute atomic E-state index is 0.00113. The van der Waals surface area contributed by atoms with Gasteiger partial charge in [0, 0.05) is 18.4 Å². The Hall–Kier alpha value is -2.89. The van der Waals surface area contributed by atoms with Crippen molar-refractivity contribution in [2.45, 2.75) is 26.3 Å². The van der Waals surface area contributed by atoms with Crippen LogP contribution in [0.25, 0.3) is 0 Å². The second-order valence-electron chi connectivity index (χ2n) is 5.89. The summed E-state index contributed by atoms with van der Waals surface area (Å²) in [6.45, 7) is 4.58. The number of nitrogens with zero attached hydrogens (tertiary/aromatic N) is 2. The van der Waals surface area contributed by atoms with Crippen LogP contribution in [-0.4, -0.2) is 36.1 Å². The van der Waals surface area contributed by atoms with E-state index < -0.39 is 12.0 Å². The monoisotopic (exact) mass is 339 g/mol. The molecule has 1 aliphatic heterocycles. The zero-order valence-corrected chi connectivity index (χ0v) is 14.4. The van der Waals surface area contributed by atoms with Crippen LogP contribution in [0.5, 0.6) is 0 Å². The number of benzene rings is 1. The zero-order valence-electron chi connectivity index (χ0n) is 14.4. The Morgan fingerprint density at radius 1 is 1.28 bits per heavy atom. The standard InChI is InChI=1S/C19H21N3O3/c1-3-25-19(24)15-8-9-17(20-12-15)21-13(2)18(23)22-11-10-14-6-4-5-7-16(14)22/h4-9,12-13H,3,10-11H2,1-2H3,(H,20,21). The molecule has 130 valence electrons. The fraction of sp³-hybridized carbons (Fsp3) is 0.316. The van der Waals surface area contributed by atoms with Crippen molar-refractivity contribution in [3.63, 3.8) is 0 Å². The van der Waals surface area contributed by atoms with Gasteiger partial charge < -0.3 is 15.0 Å². The molecule has 1 aromatic heterocycles. The molecule has 6 heteroatoms. The van der Waals surface area contributed by atoms with Crippen LogP contribution in [0.3, 0.4) is 0 Å². The molecule has 3 rings (SSSR count). The number of hydrogen-bond acceptors (Lipinski definition) is 5. The average Bonchev–Trinajstić information content (AvgIpc) is 3.06. The van der Waals surface area contributed by atoms with Crippen molar-refractivity contribution in [2.24, 2.45) is 0 Å². The molecule has 0 aliphatic carbocycles. The van der Waals surface area contributed by atoms with Gasteiger partial charge in [0.1, 0.15) is 11.9 Å². The predicted octanol–water partition coefficient (Wildman–Crippen LogP) is 2.65. The molecule has 25 heavy (non-hydrogen) atoms. The largest absolute Gasteiger partial charge is 0.462 e. The number of amides is 1. The van der Waals surface area contributed by atoms with Gasteiger partial charge >= 0.3 is 5.97 Å². The highest BCUT2D eigenvalue weighted by molar-refractivity contribution is 6.00. The second-order valence-corrected chi connectivity index (χ2v) is 5.89. The predicted molar refractivity (Wildman–Crippen MR) is 95.8 cm³/mol. The molecule has 0 radical (unpaired) electrons. The van der Waals surface area contributed by atoms with Crippen molar-refractivity contribution in [1.82, 2.24) is 4.98 Å². The third-order valence-electron chi connectivity index (χ3n) is 4.16. The summed E-state index contributed by atoms with van der Waals surface area (Å²) in [5.41, 5.74) is 2.56. The Kier molecular flexibility index (Phi) is 4.97. The van der Waals surface area contributed by atoms with Crippen molar-refractivity contribution >= 4 is 23.4 Å². The van der Waals surface area contributed by atoms with Crippen LogP contribution in [0.1, 0.15) is 29.8 Å². The molecular formula is C19H21N3O3. The van der Waals surface area contributed by atoms with Crippen LogP contribution in [0.4, 0.5) is 11.5 Å². The van der Waals surface area contributed by atoms with Crippen molar-refractivity contribution in [3.8, 4) is 0 Å². The van der Waals surface area contributed by atoms with E-state index >= 15 is 0 Å². The van der Waals surface area contributed by atoms with E-state index in [0.717, 1.165) is 12.1 Å². The van der Waals surface area contributed by atoms with Gasteiger partial charge in [0.05, 0.1) is 12.2 Å². The van der Waals surface area contributed by atoms with Gasteiger partial charge in [-0.25, -0.2) is 9.78 Å². The molecule has 0 fully saturated rings. The zero-order chi connectivity index (χ0) is 17.8. The van der Waals surface area contributed by atoms with Crippen LogP contribution >= 0.6 is 0 Å². The third kappa shape index (κ3) is 3.63. The number of carbonyl (C=O) groups excluding carboxylic acids is 2. The van der Waals surface area contributed by atoms with Gasteiger partial charge in [-0.3, -0.25) is 4.79 Å². The highest BCUT2D eigenvalue weighted by atomic mass is 16.5. The molecule has 1 amide bonds. The van der Waals surface area contributed by atoms with Crippen LogP contribution in [0, 0.1) is 0 Å². The molecule has 1 aromatic carbocycles. The van der Waals surface area contributed by atoms with E-state index in [-0.39, 0.29) is 5.91 Å². The van der Waals surface area contributed by atoms with Crippen molar-refractivity contribution in [2.75, 3.05) is 23.4 Å². The van der Waals surface area contributed by atoms with Crippen LogP contribution in [0.2, 0.25) is 0 Å². The minimum atomic E-state index is -0.424. The van der Waals surface area contributed by atoms with Crippen LogP contribution in [-0.2, 0) is 16.0 Å². The summed E-state index contributed by atoms with van der Waals surface area (Å²) in [7, 11) is 0. The molecule has 0 spiro atoms. The summed E-state index contributed by atoms with van der Waals surface area (Å²) < 4.78 is 4.93. The molecule has 2 aromatic rings. The van der Waals surface area contributed by atoms with Crippen LogP contribution < -0.4 is 10.2 Å². The summed E-state index contributed by atoms with van der Waals surface area (Å²) >= 11 is 0. The Labute approximate surface area is 146 Å². The first-order valence-electron chi connectivity index (χ1n) is 8.39. The van der Waals surface area contributed by atoms with E-state index in [2.05, 4.69) is 16.4 Å². The van der Waals surface area contributed by atoms with E-state index in [9.17, 15) is 9.59 Å². The average molecular weight is 339 g/mol.